The quantitative estimate of drug-likeness (QED) is 0.113. The second kappa shape index (κ2) is 17.2. The number of aromatic nitrogens is 6. The molecule has 0 aliphatic carbocycles. The fourth-order valence-electron chi connectivity index (χ4n) is 4.28. The summed E-state index contributed by atoms with van der Waals surface area (Å²) in [5.41, 5.74) is 6.53. The molecule has 0 fully saturated rings. The van der Waals surface area contributed by atoms with Crippen molar-refractivity contribution in [3.63, 3.8) is 0 Å². The molecule has 0 saturated heterocycles. The minimum absolute atomic E-state index is 0. The van der Waals surface area contributed by atoms with Crippen LogP contribution in [0.25, 0.3) is 44.6 Å². The van der Waals surface area contributed by atoms with Crippen LogP contribution in [0.5, 0.6) is 0 Å². The molecule has 7 aromatic rings. The van der Waals surface area contributed by atoms with E-state index in [9.17, 15) is 0 Å². The summed E-state index contributed by atoms with van der Waals surface area (Å²) >= 11 is 0. The number of aliphatic hydroxyl groups is 1. The van der Waals surface area contributed by atoms with Crippen molar-refractivity contribution in [1.29, 1.82) is 0 Å². The van der Waals surface area contributed by atoms with Gasteiger partial charge in [0.1, 0.15) is 0 Å². The first-order chi connectivity index (χ1) is 21.3. The number of pyridine rings is 6. The van der Waals surface area contributed by atoms with Crippen LogP contribution >= 0.6 is 0 Å². The van der Waals surface area contributed by atoms with Crippen LogP contribution in [-0.4, -0.2) is 48.2 Å². The van der Waals surface area contributed by atoms with Crippen molar-refractivity contribution in [3.8, 4) is 22.8 Å². The number of benzene rings is 1. The zero-order chi connectivity index (χ0) is 29.5. The number of nitrogens with one attached hydrogen (secondary N) is 1. The van der Waals surface area contributed by atoms with Crippen molar-refractivity contribution >= 4 is 27.5 Å². The van der Waals surface area contributed by atoms with E-state index in [4.69, 9.17) is 5.11 Å². The van der Waals surface area contributed by atoms with E-state index >= 15 is 0 Å². The fraction of sp³-hybridized carbons (Fsp3) is 0.0857. The molecule has 0 aliphatic heterocycles. The van der Waals surface area contributed by atoms with Crippen LogP contribution in [0.2, 0.25) is 0 Å². The van der Waals surface area contributed by atoms with Gasteiger partial charge in [0.15, 0.2) is 0 Å². The fourth-order valence-corrected chi connectivity index (χ4v) is 4.28. The Balaban J connectivity index is 0.000000155. The Labute approximate surface area is 269 Å². The van der Waals surface area contributed by atoms with E-state index in [-0.39, 0.29) is 26.1 Å². The average molecular weight is 667 g/mol. The summed E-state index contributed by atoms with van der Waals surface area (Å²) in [6.45, 7) is 0.935. The molecule has 7 rings (SSSR count). The van der Waals surface area contributed by atoms with E-state index < -0.39 is 0 Å². The number of fused-ring (bicyclic) bond motifs is 3. The van der Waals surface area contributed by atoms with Crippen LogP contribution in [0.3, 0.4) is 0 Å². The molecule has 6 heterocycles. The minimum Gasteiger partial charge on any atom is -0.396 e. The summed E-state index contributed by atoms with van der Waals surface area (Å²) in [4.78, 5) is 25.6. The first kappa shape index (κ1) is 31.9. The maximum Gasteiger partial charge on any atom is 2.00 e. The molecule has 0 atom stereocenters. The summed E-state index contributed by atoms with van der Waals surface area (Å²) in [6.07, 6.45) is 11.4. The Bertz CT molecular complexity index is 1680. The van der Waals surface area contributed by atoms with Crippen LogP contribution in [0.1, 0.15) is 6.42 Å². The Morgan fingerprint density at radius 3 is 1.41 bits per heavy atom. The molecular weight excluding hydrogens is 636 g/mol. The number of anilines is 1. The van der Waals surface area contributed by atoms with Crippen LogP contribution in [0.15, 0.2) is 140 Å². The molecular formula is C35H31N7ORu+2. The molecule has 1 aromatic carbocycles. The number of nitrogens with zero attached hydrogens (tertiary/aromatic N) is 6. The zero-order valence-corrected chi connectivity index (χ0v) is 25.6. The van der Waals surface area contributed by atoms with Crippen LogP contribution in [-0.2, 0) is 19.5 Å². The third-order valence-electron chi connectivity index (χ3n) is 6.30. The van der Waals surface area contributed by atoms with Crippen LogP contribution in [0, 0.1) is 0 Å². The van der Waals surface area contributed by atoms with Gasteiger partial charge in [-0.05, 0) is 79.2 Å². The monoisotopic (exact) mass is 667 g/mol. The van der Waals surface area contributed by atoms with Crippen molar-refractivity contribution in [3.05, 3.63) is 140 Å². The second-order valence-electron chi connectivity index (χ2n) is 9.26. The van der Waals surface area contributed by atoms with Gasteiger partial charge in [-0.3, -0.25) is 29.9 Å². The van der Waals surface area contributed by atoms with Crippen molar-refractivity contribution in [1.82, 2.24) is 29.9 Å². The largest absolute Gasteiger partial charge is 2.00 e. The number of hydrogen-bond acceptors (Lipinski definition) is 8. The molecule has 0 spiro atoms. The van der Waals surface area contributed by atoms with Gasteiger partial charge in [-0.1, -0.05) is 30.3 Å². The summed E-state index contributed by atoms with van der Waals surface area (Å²) in [7, 11) is 0. The molecule has 9 heteroatoms. The van der Waals surface area contributed by atoms with Gasteiger partial charge < -0.3 is 10.4 Å². The van der Waals surface area contributed by atoms with Gasteiger partial charge in [-0.2, -0.15) is 0 Å². The first-order valence-electron chi connectivity index (χ1n) is 14.0. The molecule has 8 nitrogen and oxygen atoms in total. The van der Waals surface area contributed by atoms with Crippen molar-refractivity contribution in [2.24, 2.45) is 0 Å². The van der Waals surface area contributed by atoms with E-state index in [0.717, 1.165) is 63.2 Å². The van der Waals surface area contributed by atoms with Crippen molar-refractivity contribution in [2.75, 3.05) is 18.5 Å². The first-order valence-corrected chi connectivity index (χ1v) is 14.0. The standard InChI is InChI=1S/C15H15N3O.2C10H8N2.Ru/c19-9-3-8-16-13-10-11-4-1-6-17-14(11)15-12(13)5-2-7-18-15;2*1-3-7-11-9(5-1)10-6-2-4-8-12-10;/h1-2,4-7,10,16,19H,3,8-9H2;2*1-8H;/q;;;+2. The summed E-state index contributed by atoms with van der Waals surface area (Å²) in [6, 6.07) is 33.2. The predicted molar refractivity (Wildman–Crippen MR) is 172 cm³/mol. The van der Waals surface area contributed by atoms with Gasteiger partial charge in [0.05, 0.1) is 33.8 Å². The minimum atomic E-state index is 0. The number of aliphatic hydroxyl groups excluding tert-OH is 1. The van der Waals surface area contributed by atoms with E-state index in [0.29, 0.717) is 0 Å². The molecule has 0 bridgehead atoms. The van der Waals surface area contributed by atoms with Gasteiger partial charge in [0, 0.05) is 66.8 Å². The van der Waals surface area contributed by atoms with Gasteiger partial charge in [0.2, 0.25) is 0 Å². The Hall–Kier alpha value is -4.98. The molecule has 0 radical (unpaired) electrons. The van der Waals surface area contributed by atoms with E-state index in [1.807, 2.05) is 97.1 Å². The van der Waals surface area contributed by atoms with Crippen molar-refractivity contribution in [2.45, 2.75) is 6.42 Å². The van der Waals surface area contributed by atoms with Crippen LogP contribution < -0.4 is 5.32 Å². The molecule has 0 amide bonds. The normalized spacial score (nSPS) is 10.0. The van der Waals surface area contributed by atoms with E-state index in [1.54, 1.807) is 37.2 Å². The molecule has 218 valence electrons. The van der Waals surface area contributed by atoms with Gasteiger partial charge in [-0.25, -0.2) is 0 Å². The number of rotatable bonds is 6. The third kappa shape index (κ3) is 8.77. The van der Waals surface area contributed by atoms with E-state index in [2.05, 4.69) is 41.3 Å². The van der Waals surface area contributed by atoms with Crippen LogP contribution in [0.4, 0.5) is 5.69 Å². The summed E-state index contributed by atoms with van der Waals surface area (Å²) < 4.78 is 0. The molecule has 44 heavy (non-hydrogen) atoms. The molecule has 0 saturated carbocycles. The summed E-state index contributed by atoms with van der Waals surface area (Å²) in [5.74, 6) is 0. The van der Waals surface area contributed by atoms with E-state index in [1.165, 1.54) is 0 Å². The molecule has 2 N–H and O–H groups in total. The number of hydrogen-bond donors (Lipinski definition) is 2. The third-order valence-corrected chi connectivity index (χ3v) is 6.30. The molecule has 0 aliphatic rings. The smallest absolute Gasteiger partial charge is 0.396 e. The zero-order valence-electron chi connectivity index (χ0n) is 23.9. The average Bonchev–Trinajstić information content (AvgIpc) is 3.10. The van der Waals surface area contributed by atoms with Gasteiger partial charge in [-0.15, -0.1) is 0 Å². The van der Waals surface area contributed by atoms with Crippen molar-refractivity contribution < 1.29 is 24.6 Å². The Kier molecular flexibility index (Phi) is 12.5. The Morgan fingerprint density at radius 2 is 0.955 bits per heavy atom. The molecule has 6 aromatic heterocycles. The summed E-state index contributed by atoms with van der Waals surface area (Å²) in [5, 5.41) is 14.4. The second-order valence-corrected chi connectivity index (χ2v) is 9.26. The molecule has 0 unspecified atom stereocenters. The maximum atomic E-state index is 8.87. The SMILES string of the molecule is OCCCNc1cc2cccnc2c2ncccc12.[Ru+2].c1ccc(-c2ccccn2)nc1.c1ccc(-c2ccccn2)nc1. The van der Waals surface area contributed by atoms with Gasteiger partial charge in [0.25, 0.3) is 0 Å². The van der Waals surface area contributed by atoms with Gasteiger partial charge >= 0.3 is 19.5 Å². The Morgan fingerprint density at radius 1 is 0.500 bits per heavy atom. The topological polar surface area (TPSA) is 110 Å². The maximum absolute atomic E-state index is 8.87. The predicted octanol–water partition coefficient (Wildman–Crippen LogP) is 6.86.